The van der Waals surface area contributed by atoms with E-state index >= 15 is 0 Å². The second-order valence-electron chi connectivity index (χ2n) is 4.01. The zero-order chi connectivity index (χ0) is 12.4. The highest BCUT2D eigenvalue weighted by molar-refractivity contribution is 5.80. The summed E-state index contributed by atoms with van der Waals surface area (Å²) in [6.45, 7) is 4.02. The minimum atomic E-state index is -0.406. The minimum absolute atomic E-state index is 0.0918. The van der Waals surface area contributed by atoms with Gasteiger partial charge in [0.1, 0.15) is 0 Å². The highest BCUT2D eigenvalue weighted by Crippen LogP contribution is 2.23. The van der Waals surface area contributed by atoms with E-state index in [0.29, 0.717) is 0 Å². The number of hydrazone groups is 1. The highest BCUT2D eigenvalue weighted by Gasteiger charge is 2.15. The number of allylic oxidation sites excluding steroid dienone is 1. The summed E-state index contributed by atoms with van der Waals surface area (Å²) in [5, 5.41) is 16.7. The van der Waals surface area contributed by atoms with Crippen LogP contribution in [-0.2, 0) is 0 Å². The maximum atomic E-state index is 10.5. The van der Waals surface area contributed by atoms with Gasteiger partial charge in [-0.15, -0.1) is 0 Å². The smallest absolute Gasteiger partial charge is 0.259 e. The van der Waals surface area contributed by atoms with Crippen molar-refractivity contribution in [1.29, 1.82) is 0 Å². The molecule has 1 atom stereocenters. The van der Waals surface area contributed by atoms with Crippen molar-refractivity contribution in [2.45, 2.75) is 19.9 Å². The number of benzene rings is 1. The first kappa shape index (κ1) is 11.3. The summed E-state index contributed by atoms with van der Waals surface area (Å²) in [6.07, 6.45) is 3.87. The fraction of sp³-hybridized carbons (Fsp3) is 0.250. The Hall–Kier alpha value is -2.17. The first-order valence-electron chi connectivity index (χ1n) is 5.34. The van der Waals surface area contributed by atoms with E-state index in [1.165, 1.54) is 12.1 Å². The van der Waals surface area contributed by atoms with Crippen LogP contribution in [-0.4, -0.2) is 17.2 Å². The first-order chi connectivity index (χ1) is 8.08. The Balaban J connectivity index is 2.24. The van der Waals surface area contributed by atoms with Crippen molar-refractivity contribution in [2.75, 3.05) is 5.01 Å². The monoisotopic (exact) mass is 231 g/mol. The van der Waals surface area contributed by atoms with Gasteiger partial charge in [0.05, 0.1) is 22.9 Å². The van der Waals surface area contributed by atoms with Gasteiger partial charge in [-0.05, 0) is 31.6 Å². The average molecular weight is 231 g/mol. The predicted molar refractivity (Wildman–Crippen MR) is 67.3 cm³/mol. The first-order valence-corrected chi connectivity index (χ1v) is 5.34. The molecule has 0 N–H and O–H groups in total. The van der Waals surface area contributed by atoms with E-state index in [0.717, 1.165) is 11.3 Å². The van der Waals surface area contributed by atoms with E-state index < -0.39 is 4.92 Å². The number of nitrogens with zero attached hydrogens (tertiary/aromatic N) is 3. The predicted octanol–water partition coefficient (Wildman–Crippen LogP) is 2.74. The molecule has 1 aromatic rings. The number of nitro benzene ring substituents is 1. The molecule has 17 heavy (non-hydrogen) atoms. The lowest BCUT2D eigenvalue weighted by Crippen LogP contribution is -2.29. The van der Waals surface area contributed by atoms with Crippen LogP contribution in [0.15, 0.2) is 41.0 Å². The molecule has 0 amide bonds. The van der Waals surface area contributed by atoms with Crippen LogP contribution in [0.1, 0.15) is 13.8 Å². The molecule has 0 aromatic heterocycles. The lowest BCUT2D eigenvalue weighted by molar-refractivity contribution is -0.384. The SMILES string of the molecule is CC1=CC(C)N(c2ccc([N+](=O)[O-])cc2)N=C1. The summed E-state index contributed by atoms with van der Waals surface area (Å²) in [5.74, 6) is 0. The van der Waals surface area contributed by atoms with Gasteiger partial charge in [0.2, 0.25) is 0 Å². The third-order valence-corrected chi connectivity index (χ3v) is 2.60. The van der Waals surface area contributed by atoms with E-state index in [-0.39, 0.29) is 11.7 Å². The molecule has 1 heterocycles. The standard InChI is InChI=1S/C12H13N3O2/c1-9-7-10(2)14(13-8-9)11-3-5-12(6-4-11)15(16)17/h3-8,10H,1-2H3. The Morgan fingerprint density at radius 1 is 1.35 bits per heavy atom. The Labute approximate surface area is 99.2 Å². The van der Waals surface area contributed by atoms with Gasteiger partial charge in [0, 0.05) is 12.1 Å². The van der Waals surface area contributed by atoms with Crippen molar-refractivity contribution < 1.29 is 4.92 Å². The normalized spacial score (nSPS) is 19.1. The quantitative estimate of drug-likeness (QED) is 0.580. The molecule has 0 aliphatic carbocycles. The molecule has 0 saturated carbocycles. The van der Waals surface area contributed by atoms with Crippen LogP contribution >= 0.6 is 0 Å². The Morgan fingerprint density at radius 2 is 2.00 bits per heavy atom. The van der Waals surface area contributed by atoms with Gasteiger partial charge in [0.15, 0.2) is 0 Å². The average Bonchev–Trinajstić information content (AvgIpc) is 2.29. The molecule has 2 rings (SSSR count). The van der Waals surface area contributed by atoms with E-state index in [1.807, 2.05) is 18.9 Å². The number of nitro groups is 1. The number of hydrogen-bond donors (Lipinski definition) is 0. The van der Waals surface area contributed by atoms with Crippen molar-refractivity contribution in [3.63, 3.8) is 0 Å². The zero-order valence-electron chi connectivity index (χ0n) is 9.70. The van der Waals surface area contributed by atoms with Gasteiger partial charge in [-0.1, -0.05) is 6.08 Å². The van der Waals surface area contributed by atoms with Crippen molar-refractivity contribution in [1.82, 2.24) is 0 Å². The summed E-state index contributed by atoms with van der Waals surface area (Å²) in [6, 6.07) is 6.55. The van der Waals surface area contributed by atoms with Gasteiger partial charge in [-0.2, -0.15) is 5.10 Å². The molecule has 1 unspecified atom stereocenters. The van der Waals surface area contributed by atoms with E-state index in [2.05, 4.69) is 11.2 Å². The molecule has 0 radical (unpaired) electrons. The molecule has 1 aromatic carbocycles. The minimum Gasteiger partial charge on any atom is -0.259 e. The largest absolute Gasteiger partial charge is 0.269 e. The summed E-state index contributed by atoms with van der Waals surface area (Å²) in [4.78, 5) is 10.1. The zero-order valence-corrected chi connectivity index (χ0v) is 9.70. The molecule has 5 heteroatoms. The van der Waals surface area contributed by atoms with Crippen LogP contribution in [0, 0.1) is 10.1 Å². The van der Waals surface area contributed by atoms with Crippen LogP contribution in [0.25, 0.3) is 0 Å². The molecule has 0 fully saturated rings. The molecule has 1 aliphatic heterocycles. The van der Waals surface area contributed by atoms with Crippen molar-refractivity contribution in [3.05, 3.63) is 46.0 Å². The fourth-order valence-corrected chi connectivity index (χ4v) is 1.78. The fourth-order valence-electron chi connectivity index (χ4n) is 1.78. The van der Waals surface area contributed by atoms with Gasteiger partial charge in [-0.3, -0.25) is 15.1 Å². The molecule has 5 nitrogen and oxygen atoms in total. The van der Waals surface area contributed by atoms with E-state index in [9.17, 15) is 10.1 Å². The molecule has 0 saturated heterocycles. The van der Waals surface area contributed by atoms with Crippen LogP contribution in [0.3, 0.4) is 0 Å². The molecule has 0 spiro atoms. The number of rotatable bonds is 2. The maximum Gasteiger partial charge on any atom is 0.269 e. The Bertz CT molecular complexity index is 491. The summed E-state index contributed by atoms with van der Waals surface area (Å²) < 4.78 is 0. The molecule has 1 aliphatic rings. The molecular weight excluding hydrogens is 218 g/mol. The summed E-state index contributed by atoms with van der Waals surface area (Å²) >= 11 is 0. The number of non-ortho nitro benzene ring substituents is 1. The van der Waals surface area contributed by atoms with Crippen LogP contribution in [0.2, 0.25) is 0 Å². The van der Waals surface area contributed by atoms with Gasteiger partial charge in [-0.25, -0.2) is 0 Å². The lowest BCUT2D eigenvalue weighted by Gasteiger charge is -2.27. The highest BCUT2D eigenvalue weighted by atomic mass is 16.6. The van der Waals surface area contributed by atoms with Crippen molar-refractivity contribution in [2.24, 2.45) is 5.10 Å². The van der Waals surface area contributed by atoms with Crippen molar-refractivity contribution >= 4 is 17.6 Å². The Kier molecular flexibility index (Phi) is 2.91. The number of hydrogen-bond acceptors (Lipinski definition) is 4. The van der Waals surface area contributed by atoms with Crippen LogP contribution in [0.5, 0.6) is 0 Å². The summed E-state index contributed by atoms with van der Waals surface area (Å²) in [7, 11) is 0. The summed E-state index contributed by atoms with van der Waals surface area (Å²) in [5.41, 5.74) is 2.06. The van der Waals surface area contributed by atoms with Gasteiger partial charge < -0.3 is 0 Å². The van der Waals surface area contributed by atoms with Crippen molar-refractivity contribution in [3.8, 4) is 0 Å². The lowest BCUT2D eigenvalue weighted by atomic mass is 10.1. The van der Waals surface area contributed by atoms with E-state index in [1.54, 1.807) is 18.3 Å². The third kappa shape index (κ3) is 2.33. The number of anilines is 1. The van der Waals surface area contributed by atoms with Gasteiger partial charge in [0.25, 0.3) is 5.69 Å². The topological polar surface area (TPSA) is 58.7 Å². The second-order valence-corrected chi connectivity index (χ2v) is 4.01. The molecule has 0 bridgehead atoms. The molecular formula is C12H13N3O2. The third-order valence-electron chi connectivity index (χ3n) is 2.60. The second kappa shape index (κ2) is 4.37. The Morgan fingerprint density at radius 3 is 2.53 bits per heavy atom. The maximum absolute atomic E-state index is 10.5. The molecule has 88 valence electrons. The van der Waals surface area contributed by atoms with Crippen LogP contribution in [0.4, 0.5) is 11.4 Å². The van der Waals surface area contributed by atoms with Crippen LogP contribution < -0.4 is 5.01 Å². The van der Waals surface area contributed by atoms with E-state index in [4.69, 9.17) is 0 Å². The van der Waals surface area contributed by atoms with Gasteiger partial charge >= 0.3 is 0 Å².